The fourth-order valence-corrected chi connectivity index (χ4v) is 1.93. The fourth-order valence-electron chi connectivity index (χ4n) is 1.93. The molecule has 0 aliphatic rings. The van der Waals surface area contributed by atoms with Crippen LogP contribution in [0.4, 0.5) is 4.39 Å². The summed E-state index contributed by atoms with van der Waals surface area (Å²) in [4.78, 5) is 4.09. The molecule has 0 bridgehead atoms. The molecular formula is C13H16FN3O. The second-order valence-corrected chi connectivity index (χ2v) is 4.78. The molecule has 1 aromatic heterocycles. The number of nitrogens with zero attached hydrogens (tertiary/aromatic N) is 3. The molecule has 0 fully saturated rings. The van der Waals surface area contributed by atoms with Crippen molar-refractivity contribution in [2.75, 3.05) is 0 Å². The van der Waals surface area contributed by atoms with Crippen molar-refractivity contribution >= 4 is 0 Å². The zero-order valence-corrected chi connectivity index (χ0v) is 10.5. The summed E-state index contributed by atoms with van der Waals surface area (Å²) in [6, 6.07) is 6.16. The summed E-state index contributed by atoms with van der Waals surface area (Å²) in [5, 5.41) is 14.3. The number of hydrogen-bond donors (Lipinski definition) is 1. The van der Waals surface area contributed by atoms with E-state index in [4.69, 9.17) is 0 Å². The standard InChI is InChI=1S/C13H16FN3O/c1-13(18,8-12-15-9-16-17(12)2)7-10-3-5-11(14)6-4-10/h3-6,9,18H,7-8H2,1-2H3. The van der Waals surface area contributed by atoms with Gasteiger partial charge < -0.3 is 5.11 Å². The first kappa shape index (κ1) is 12.7. The van der Waals surface area contributed by atoms with E-state index in [-0.39, 0.29) is 5.82 Å². The Balaban J connectivity index is 2.07. The van der Waals surface area contributed by atoms with Crippen molar-refractivity contribution in [3.63, 3.8) is 0 Å². The van der Waals surface area contributed by atoms with Crippen molar-refractivity contribution in [2.45, 2.75) is 25.4 Å². The number of halogens is 1. The Morgan fingerprint density at radius 2 is 1.94 bits per heavy atom. The Kier molecular flexibility index (Phi) is 3.43. The summed E-state index contributed by atoms with van der Waals surface area (Å²) >= 11 is 0. The summed E-state index contributed by atoms with van der Waals surface area (Å²) in [5.74, 6) is 0.453. The lowest BCUT2D eigenvalue weighted by Crippen LogP contribution is -2.31. The van der Waals surface area contributed by atoms with Crippen LogP contribution in [0, 0.1) is 5.82 Å². The zero-order chi connectivity index (χ0) is 13.2. The highest BCUT2D eigenvalue weighted by Crippen LogP contribution is 2.17. The van der Waals surface area contributed by atoms with Gasteiger partial charge in [-0.3, -0.25) is 4.68 Å². The van der Waals surface area contributed by atoms with E-state index in [0.717, 1.165) is 11.4 Å². The summed E-state index contributed by atoms with van der Waals surface area (Å²) in [6.07, 6.45) is 2.31. The van der Waals surface area contributed by atoms with E-state index >= 15 is 0 Å². The molecule has 0 saturated heterocycles. The van der Waals surface area contributed by atoms with Gasteiger partial charge in [0, 0.05) is 19.9 Å². The molecule has 0 spiro atoms. The van der Waals surface area contributed by atoms with Crippen LogP contribution in [0.15, 0.2) is 30.6 Å². The van der Waals surface area contributed by atoms with Crippen molar-refractivity contribution in [1.82, 2.24) is 14.8 Å². The normalized spacial score (nSPS) is 14.4. The molecule has 2 rings (SSSR count). The fraction of sp³-hybridized carbons (Fsp3) is 0.385. The van der Waals surface area contributed by atoms with E-state index in [0.29, 0.717) is 12.8 Å². The highest BCUT2D eigenvalue weighted by molar-refractivity contribution is 5.18. The van der Waals surface area contributed by atoms with Crippen molar-refractivity contribution in [1.29, 1.82) is 0 Å². The maximum absolute atomic E-state index is 12.8. The Bertz CT molecular complexity index is 519. The Morgan fingerprint density at radius 1 is 1.28 bits per heavy atom. The van der Waals surface area contributed by atoms with Gasteiger partial charge in [-0.2, -0.15) is 5.10 Å². The van der Waals surface area contributed by atoms with Gasteiger partial charge in [0.1, 0.15) is 18.0 Å². The van der Waals surface area contributed by atoms with Crippen LogP contribution in [-0.4, -0.2) is 25.5 Å². The van der Waals surface area contributed by atoms with Crippen molar-refractivity contribution in [3.8, 4) is 0 Å². The first-order valence-corrected chi connectivity index (χ1v) is 5.76. The minimum atomic E-state index is -0.932. The van der Waals surface area contributed by atoms with E-state index in [1.54, 1.807) is 30.8 Å². The highest BCUT2D eigenvalue weighted by Gasteiger charge is 2.23. The third kappa shape index (κ3) is 3.13. The van der Waals surface area contributed by atoms with Crippen molar-refractivity contribution < 1.29 is 9.50 Å². The van der Waals surface area contributed by atoms with Gasteiger partial charge in [-0.1, -0.05) is 12.1 Å². The predicted molar refractivity (Wildman–Crippen MR) is 65.4 cm³/mol. The third-order valence-electron chi connectivity index (χ3n) is 2.84. The zero-order valence-electron chi connectivity index (χ0n) is 10.5. The summed E-state index contributed by atoms with van der Waals surface area (Å²) < 4.78 is 14.4. The predicted octanol–water partition coefficient (Wildman–Crippen LogP) is 1.49. The number of aryl methyl sites for hydroxylation is 1. The number of aliphatic hydroxyl groups is 1. The molecule has 0 amide bonds. The highest BCUT2D eigenvalue weighted by atomic mass is 19.1. The minimum absolute atomic E-state index is 0.272. The van der Waals surface area contributed by atoms with Gasteiger partial charge in [0.25, 0.3) is 0 Å². The van der Waals surface area contributed by atoms with Crippen LogP contribution in [0.1, 0.15) is 18.3 Å². The van der Waals surface area contributed by atoms with Crippen LogP contribution in [0.3, 0.4) is 0 Å². The first-order valence-electron chi connectivity index (χ1n) is 5.76. The number of hydrogen-bond acceptors (Lipinski definition) is 3. The van der Waals surface area contributed by atoms with Crippen LogP contribution < -0.4 is 0 Å². The van der Waals surface area contributed by atoms with Crippen LogP contribution >= 0.6 is 0 Å². The van der Waals surface area contributed by atoms with Crippen molar-refractivity contribution in [3.05, 3.63) is 47.8 Å². The van der Waals surface area contributed by atoms with Gasteiger partial charge in [-0.25, -0.2) is 9.37 Å². The topological polar surface area (TPSA) is 50.9 Å². The summed E-state index contributed by atoms with van der Waals surface area (Å²) in [6.45, 7) is 1.74. The lowest BCUT2D eigenvalue weighted by molar-refractivity contribution is 0.0578. The molecule has 1 unspecified atom stereocenters. The molecular weight excluding hydrogens is 233 g/mol. The minimum Gasteiger partial charge on any atom is -0.389 e. The Labute approximate surface area is 105 Å². The Morgan fingerprint density at radius 3 is 2.50 bits per heavy atom. The summed E-state index contributed by atoms with van der Waals surface area (Å²) in [5.41, 5.74) is -0.0397. The van der Waals surface area contributed by atoms with Crippen molar-refractivity contribution in [2.24, 2.45) is 7.05 Å². The van der Waals surface area contributed by atoms with Crippen LogP contribution in [0.25, 0.3) is 0 Å². The van der Waals surface area contributed by atoms with Crippen LogP contribution in [-0.2, 0) is 19.9 Å². The second kappa shape index (κ2) is 4.86. The molecule has 0 aliphatic heterocycles. The molecule has 0 saturated carbocycles. The molecule has 18 heavy (non-hydrogen) atoms. The molecule has 2 aromatic rings. The maximum atomic E-state index is 12.8. The molecule has 4 nitrogen and oxygen atoms in total. The monoisotopic (exact) mass is 249 g/mol. The SMILES string of the molecule is Cn1ncnc1CC(C)(O)Cc1ccc(F)cc1. The lowest BCUT2D eigenvalue weighted by atomic mass is 9.93. The van der Waals surface area contributed by atoms with E-state index in [1.165, 1.54) is 18.5 Å². The van der Waals surface area contributed by atoms with Gasteiger partial charge >= 0.3 is 0 Å². The smallest absolute Gasteiger partial charge is 0.138 e. The Hall–Kier alpha value is -1.75. The quantitative estimate of drug-likeness (QED) is 0.893. The van der Waals surface area contributed by atoms with E-state index in [1.807, 2.05) is 0 Å². The van der Waals surface area contributed by atoms with Gasteiger partial charge in [-0.15, -0.1) is 0 Å². The van der Waals surface area contributed by atoms with Crippen LogP contribution in [0.2, 0.25) is 0 Å². The molecule has 5 heteroatoms. The molecule has 1 N–H and O–H groups in total. The van der Waals surface area contributed by atoms with E-state index < -0.39 is 5.60 Å². The largest absolute Gasteiger partial charge is 0.389 e. The molecule has 0 radical (unpaired) electrons. The first-order chi connectivity index (χ1) is 8.46. The van der Waals surface area contributed by atoms with E-state index in [2.05, 4.69) is 10.1 Å². The second-order valence-electron chi connectivity index (χ2n) is 4.78. The number of rotatable bonds is 4. The summed E-state index contributed by atoms with van der Waals surface area (Å²) in [7, 11) is 1.79. The maximum Gasteiger partial charge on any atom is 0.138 e. The van der Waals surface area contributed by atoms with Gasteiger partial charge in [0.2, 0.25) is 0 Å². The molecule has 1 aromatic carbocycles. The van der Waals surface area contributed by atoms with Gasteiger partial charge in [0.15, 0.2) is 0 Å². The van der Waals surface area contributed by atoms with Crippen LogP contribution in [0.5, 0.6) is 0 Å². The number of aromatic nitrogens is 3. The molecule has 1 heterocycles. The molecule has 1 atom stereocenters. The average Bonchev–Trinajstić information content (AvgIpc) is 2.67. The lowest BCUT2D eigenvalue weighted by Gasteiger charge is -2.22. The van der Waals surface area contributed by atoms with E-state index in [9.17, 15) is 9.50 Å². The molecule has 96 valence electrons. The van der Waals surface area contributed by atoms with Gasteiger partial charge in [0.05, 0.1) is 5.60 Å². The average molecular weight is 249 g/mol. The third-order valence-corrected chi connectivity index (χ3v) is 2.84. The molecule has 0 aliphatic carbocycles. The van der Waals surface area contributed by atoms with Gasteiger partial charge in [-0.05, 0) is 24.6 Å². The number of benzene rings is 1.